The van der Waals surface area contributed by atoms with E-state index in [9.17, 15) is 9.59 Å². The second-order valence-electron chi connectivity index (χ2n) is 9.89. The summed E-state index contributed by atoms with van der Waals surface area (Å²) < 4.78 is 5.44. The van der Waals surface area contributed by atoms with E-state index in [2.05, 4.69) is 25.7 Å². The van der Waals surface area contributed by atoms with Gasteiger partial charge in [-0.05, 0) is 63.0 Å². The summed E-state index contributed by atoms with van der Waals surface area (Å²) in [6, 6.07) is 14.9. The Labute approximate surface area is 221 Å². The molecule has 0 atom stereocenters. The van der Waals surface area contributed by atoms with Gasteiger partial charge in [-0.15, -0.1) is 0 Å². The first-order chi connectivity index (χ1) is 18.1. The zero-order valence-electron chi connectivity index (χ0n) is 20.8. The standard InChI is InChI=1S/C28H32ClN5O3/c29-23-12-6-4-10-21(23)26-32-25(37-33-26)18-34-16-14-19(15-17-34)27(35)31-24-13-7-5-11-22(24)28(36)30-20-8-2-1-3-9-20/h4-7,10-13,19-20H,1-3,8-9,14-18H2,(H,30,36)(H,31,35). The van der Waals surface area contributed by atoms with Crippen LogP contribution in [0.1, 0.15) is 61.2 Å². The molecule has 5 rings (SSSR count). The van der Waals surface area contributed by atoms with E-state index in [4.69, 9.17) is 16.1 Å². The minimum absolute atomic E-state index is 0.0450. The number of piperidine rings is 1. The minimum atomic E-state index is -0.118. The lowest BCUT2D eigenvalue weighted by Crippen LogP contribution is -2.38. The van der Waals surface area contributed by atoms with Gasteiger partial charge in [-0.2, -0.15) is 4.98 Å². The molecule has 0 spiro atoms. The molecule has 2 fully saturated rings. The van der Waals surface area contributed by atoms with Crippen LogP contribution in [0.3, 0.4) is 0 Å². The Morgan fingerprint density at radius 3 is 2.49 bits per heavy atom. The molecular formula is C28H32ClN5O3. The molecule has 2 amide bonds. The van der Waals surface area contributed by atoms with E-state index in [1.54, 1.807) is 18.2 Å². The zero-order valence-corrected chi connectivity index (χ0v) is 21.5. The highest BCUT2D eigenvalue weighted by Crippen LogP contribution is 2.26. The Balaban J connectivity index is 1.13. The molecule has 0 radical (unpaired) electrons. The second-order valence-corrected chi connectivity index (χ2v) is 10.3. The quantitative estimate of drug-likeness (QED) is 0.437. The van der Waals surface area contributed by atoms with Crippen molar-refractivity contribution in [2.45, 2.75) is 57.5 Å². The zero-order chi connectivity index (χ0) is 25.6. The Bertz CT molecular complexity index is 1230. The summed E-state index contributed by atoms with van der Waals surface area (Å²) in [4.78, 5) is 32.7. The molecular weight excluding hydrogens is 490 g/mol. The minimum Gasteiger partial charge on any atom is -0.349 e. The lowest BCUT2D eigenvalue weighted by Gasteiger charge is -2.30. The van der Waals surface area contributed by atoms with Gasteiger partial charge in [0.05, 0.1) is 22.8 Å². The number of carbonyl (C=O) groups excluding carboxylic acids is 2. The smallest absolute Gasteiger partial charge is 0.253 e. The Hall–Kier alpha value is -3.23. The molecule has 1 aliphatic heterocycles. The van der Waals surface area contributed by atoms with Gasteiger partial charge in [0.25, 0.3) is 5.91 Å². The fraction of sp³-hybridized carbons (Fsp3) is 0.429. The molecule has 37 heavy (non-hydrogen) atoms. The van der Waals surface area contributed by atoms with Crippen molar-refractivity contribution in [3.63, 3.8) is 0 Å². The normalized spacial score (nSPS) is 17.4. The van der Waals surface area contributed by atoms with Crippen molar-refractivity contribution >= 4 is 29.1 Å². The molecule has 2 aromatic carbocycles. The van der Waals surface area contributed by atoms with Gasteiger partial charge in [0.15, 0.2) is 0 Å². The van der Waals surface area contributed by atoms with Crippen LogP contribution in [0.5, 0.6) is 0 Å². The summed E-state index contributed by atoms with van der Waals surface area (Å²) in [7, 11) is 0. The number of aromatic nitrogens is 2. The van der Waals surface area contributed by atoms with Crippen molar-refractivity contribution in [2.24, 2.45) is 5.92 Å². The van der Waals surface area contributed by atoms with Crippen LogP contribution in [0.2, 0.25) is 5.02 Å². The summed E-state index contributed by atoms with van der Waals surface area (Å²) in [5, 5.41) is 10.8. The number of amides is 2. The number of rotatable bonds is 7. The fourth-order valence-electron chi connectivity index (χ4n) is 5.15. The van der Waals surface area contributed by atoms with Crippen molar-refractivity contribution in [2.75, 3.05) is 18.4 Å². The molecule has 9 heteroatoms. The molecule has 2 heterocycles. The number of para-hydroxylation sites is 1. The molecule has 194 valence electrons. The topological polar surface area (TPSA) is 100 Å². The van der Waals surface area contributed by atoms with E-state index in [0.717, 1.165) is 44.3 Å². The molecule has 1 aliphatic carbocycles. The van der Waals surface area contributed by atoms with Crippen LogP contribution in [0.4, 0.5) is 5.69 Å². The Kier molecular flexibility index (Phi) is 8.16. The highest BCUT2D eigenvalue weighted by atomic mass is 35.5. The average Bonchev–Trinajstić information content (AvgIpc) is 3.38. The van der Waals surface area contributed by atoms with Crippen LogP contribution in [0.25, 0.3) is 11.4 Å². The number of hydrogen-bond donors (Lipinski definition) is 2. The van der Waals surface area contributed by atoms with Crippen LogP contribution in [-0.2, 0) is 11.3 Å². The molecule has 8 nitrogen and oxygen atoms in total. The first kappa shape index (κ1) is 25.4. The van der Waals surface area contributed by atoms with Crippen LogP contribution < -0.4 is 10.6 Å². The third kappa shape index (κ3) is 6.37. The van der Waals surface area contributed by atoms with Gasteiger partial charge in [-0.25, -0.2) is 0 Å². The van der Waals surface area contributed by atoms with Gasteiger partial charge in [-0.1, -0.05) is 60.3 Å². The molecule has 0 unspecified atom stereocenters. The molecule has 3 aromatic rings. The molecule has 1 saturated heterocycles. The number of carbonyl (C=O) groups is 2. The van der Waals surface area contributed by atoms with Gasteiger partial charge >= 0.3 is 0 Å². The maximum absolute atomic E-state index is 13.1. The number of hydrogen-bond acceptors (Lipinski definition) is 6. The molecule has 0 bridgehead atoms. The Morgan fingerprint density at radius 2 is 1.70 bits per heavy atom. The number of likely N-dealkylation sites (tertiary alicyclic amines) is 1. The molecule has 1 aromatic heterocycles. The number of nitrogens with zero attached hydrogens (tertiary/aromatic N) is 3. The number of halogens is 1. The maximum atomic E-state index is 13.1. The van der Waals surface area contributed by atoms with Crippen molar-refractivity contribution in [1.82, 2.24) is 20.4 Å². The maximum Gasteiger partial charge on any atom is 0.253 e. The first-order valence-electron chi connectivity index (χ1n) is 13.1. The first-order valence-corrected chi connectivity index (χ1v) is 13.4. The van der Waals surface area contributed by atoms with Gasteiger partial charge in [0.1, 0.15) is 0 Å². The summed E-state index contributed by atoms with van der Waals surface area (Å²) in [5.41, 5.74) is 1.83. The van der Waals surface area contributed by atoms with E-state index in [0.29, 0.717) is 47.4 Å². The molecule has 2 aliphatic rings. The van der Waals surface area contributed by atoms with Crippen LogP contribution in [0, 0.1) is 5.92 Å². The monoisotopic (exact) mass is 521 g/mol. The van der Waals surface area contributed by atoms with Gasteiger partial charge in [0, 0.05) is 17.5 Å². The van der Waals surface area contributed by atoms with Crippen LogP contribution >= 0.6 is 11.6 Å². The van der Waals surface area contributed by atoms with Gasteiger partial charge in [0.2, 0.25) is 17.6 Å². The summed E-state index contributed by atoms with van der Waals surface area (Å²) >= 11 is 6.24. The van der Waals surface area contributed by atoms with Crippen molar-refractivity contribution in [3.05, 3.63) is 65.0 Å². The summed E-state index contributed by atoms with van der Waals surface area (Å²) in [5.74, 6) is 0.716. The van der Waals surface area contributed by atoms with Crippen molar-refractivity contribution in [1.29, 1.82) is 0 Å². The number of benzene rings is 2. The second kappa shape index (κ2) is 11.9. The summed E-state index contributed by atoms with van der Waals surface area (Å²) in [6.45, 7) is 2.01. The van der Waals surface area contributed by atoms with E-state index < -0.39 is 0 Å². The third-order valence-corrected chi connectivity index (χ3v) is 7.60. The largest absolute Gasteiger partial charge is 0.349 e. The van der Waals surface area contributed by atoms with Gasteiger partial charge < -0.3 is 15.2 Å². The lowest BCUT2D eigenvalue weighted by molar-refractivity contribution is -0.121. The lowest BCUT2D eigenvalue weighted by atomic mass is 9.95. The third-order valence-electron chi connectivity index (χ3n) is 7.27. The highest BCUT2D eigenvalue weighted by Gasteiger charge is 2.27. The van der Waals surface area contributed by atoms with E-state index in [-0.39, 0.29) is 23.8 Å². The molecule has 2 N–H and O–H groups in total. The van der Waals surface area contributed by atoms with Crippen LogP contribution in [-0.4, -0.2) is 46.0 Å². The molecule has 1 saturated carbocycles. The van der Waals surface area contributed by atoms with E-state index in [1.165, 1.54) is 6.42 Å². The highest BCUT2D eigenvalue weighted by molar-refractivity contribution is 6.33. The summed E-state index contributed by atoms with van der Waals surface area (Å²) in [6.07, 6.45) is 7.00. The number of anilines is 1. The fourth-order valence-corrected chi connectivity index (χ4v) is 5.37. The van der Waals surface area contributed by atoms with Crippen LogP contribution in [0.15, 0.2) is 53.1 Å². The van der Waals surface area contributed by atoms with E-state index >= 15 is 0 Å². The van der Waals surface area contributed by atoms with Crippen molar-refractivity contribution < 1.29 is 14.1 Å². The van der Waals surface area contributed by atoms with Crippen molar-refractivity contribution in [3.8, 4) is 11.4 Å². The average molecular weight is 522 g/mol. The predicted octanol–water partition coefficient (Wildman–Crippen LogP) is 5.30. The Morgan fingerprint density at radius 1 is 0.973 bits per heavy atom. The SMILES string of the molecule is O=C(NC1CCCCC1)c1ccccc1NC(=O)C1CCN(Cc2nc(-c3ccccc3Cl)no2)CC1. The predicted molar refractivity (Wildman–Crippen MR) is 142 cm³/mol. The van der Waals surface area contributed by atoms with Gasteiger partial charge in [-0.3, -0.25) is 14.5 Å². The van der Waals surface area contributed by atoms with E-state index in [1.807, 2.05) is 30.3 Å². The number of nitrogens with one attached hydrogen (secondary N) is 2.